The molecule has 0 radical (unpaired) electrons. The van der Waals surface area contributed by atoms with Crippen LogP contribution in [0.1, 0.15) is 19.2 Å². The maximum absolute atomic E-state index is 5.86. The zero-order valence-electron chi connectivity index (χ0n) is 8.90. The Morgan fingerprint density at radius 1 is 1.38 bits per heavy atom. The summed E-state index contributed by atoms with van der Waals surface area (Å²) in [6, 6.07) is 7.57. The Labute approximate surface area is 104 Å². The van der Waals surface area contributed by atoms with Crippen molar-refractivity contribution in [2.75, 3.05) is 0 Å². The second-order valence-electron chi connectivity index (χ2n) is 3.51. The standard InChI is InChI=1S/C11H12ClN3S/c1-2-3-10-13-14-11(16)15(10)9-6-4-8(12)5-7-9/h4-7H,2-3H2,1H3,(H,14,16). The van der Waals surface area contributed by atoms with Gasteiger partial charge in [-0.3, -0.25) is 9.67 Å². The zero-order valence-corrected chi connectivity index (χ0v) is 10.5. The second kappa shape index (κ2) is 4.80. The average Bonchev–Trinajstić information content (AvgIpc) is 2.62. The Morgan fingerprint density at radius 2 is 2.06 bits per heavy atom. The van der Waals surface area contributed by atoms with Crippen molar-refractivity contribution in [3.05, 3.63) is 39.9 Å². The number of H-pyrrole nitrogens is 1. The van der Waals surface area contributed by atoms with E-state index in [1.807, 2.05) is 28.8 Å². The van der Waals surface area contributed by atoms with Crippen LogP contribution in [-0.2, 0) is 6.42 Å². The first-order valence-corrected chi connectivity index (χ1v) is 5.93. The van der Waals surface area contributed by atoms with Crippen molar-refractivity contribution < 1.29 is 0 Å². The molecule has 16 heavy (non-hydrogen) atoms. The van der Waals surface area contributed by atoms with E-state index in [0.717, 1.165) is 29.4 Å². The average molecular weight is 254 g/mol. The molecule has 0 aliphatic heterocycles. The van der Waals surface area contributed by atoms with Crippen LogP contribution in [0.2, 0.25) is 5.02 Å². The molecule has 1 N–H and O–H groups in total. The van der Waals surface area contributed by atoms with Gasteiger partial charge in [-0.15, -0.1) is 0 Å². The molecular formula is C11H12ClN3S. The Hall–Kier alpha value is -1.13. The van der Waals surface area contributed by atoms with Gasteiger partial charge in [0.1, 0.15) is 5.82 Å². The number of aromatic amines is 1. The summed E-state index contributed by atoms with van der Waals surface area (Å²) >= 11 is 11.1. The molecule has 3 nitrogen and oxygen atoms in total. The van der Waals surface area contributed by atoms with Crippen molar-refractivity contribution in [2.24, 2.45) is 0 Å². The molecule has 0 bridgehead atoms. The maximum Gasteiger partial charge on any atom is 0.199 e. The van der Waals surface area contributed by atoms with Crippen molar-refractivity contribution in [1.82, 2.24) is 14.8 Å². The van der Waals surface area contributed by atoms with E-state index in [1.165, 1.54) is 0 Å². The predicted molar refractivity (Wildman–Crippen MR) is 67.8 cm³/mol. The first-order valence-electron chi connectivity index (χ1n) is 5.14. The summed E-state index contributed by atoms with van der Waals surface area (Å²) in [5, 5.41) is 7.75. The molecule has 1 aromatic carbocycles. The SMILES string of the molecule is CCCc1n[nH]c(=S)n1-c1ccc(Cl)cc1. The third-order valence-electron chi connectivity index (χ3n) is 2.30. The van der Waals surface area contributed by atoms with Gasteiger partial charge in [-0.25, -0.2) is 0 Å². The summed E-state index contributed by atoms with van der Waals surface area (Å²) in [6.07, 6.45) is 1.93. The minimum absolute atomic E-state index is 0.616. The van der Waals surface area contributed by atoms with Gasteiger partial charge in [0, 0.05) is 17.1 Å². The highest BCUT2D eigenvalue weighted by molar-refractivity contribution is 7.71. The third-order valence-corrected chi connectivity index (χ3v) is 2.83. The Kier molecular flexibility index (Phi) is 3.41. The van der Waals surface area contributed by atoms with E-state index in [9.17, 15) is 0 Å². The number of nitrogens with one attached hydrogen (secondary N) is 1. The fraction of sp³-hybridized carbons (Fsp3) is 0.273. The van der Waals surface area contributed by atoms with E-state index in [1.54, 1.807) is 0 Å². The molecule has 0 aliphatic rings. The molecule has 5 heteroatoms. The van der Waals surface area contributed by atoms with E-state index in [2.05, 4.69) is 17.1 Å². The van der Waals surface area contributed by atoms with Gasteiger partial charge in [-0.2, -0.15) is 5.10 Å². The number of aryl methyl sites for hydroxylation is 1. The van der Waals surface area contributed by atoms with Crippen LogP contribution in [0.3, 0.4) is 0 Å². The minimum atomic E-state index is 0.616. The molecule has 1 aromatic heterocycles. The molecule has 0 amide bonds. The van der Waals surface area contributed by atoms with E-state index >= 15 is 0 Å². The van der Waals surface area contributed by atoms with Gasteiger partial charge in [-0.05, 0) is 42.9 Å². The highest BCUT2D eigenvalue weighted by Gasteiger charge is 2.06. The normalized spacial score (nSPS) is 10.6. The molecule has 2 rings (SSSR count). The Balaban J connectivity index is 2.50. The predicted octanol–water partition coefficient (Wildman–Crippen LogP) is 3.54. The summed E-state index contributed by atoms with van der Waals surface area (Å²) in [5.74, 6) is 0.954. The number of aromatic nitrogens is 3. The molecule has 0 aliphatic carbocycles. The van der Waals surface area contributed by atoms with E-state index in [4.69, 9.17) is 23.8 Å². The first-order chi connectivity index (χ1) is 7.72. The van der Waals surface area contributed by atoms with E-state index < -0.39 is 0 Å². The molecule has 0 unspecified atom stereocenters. The lowest BCUT2D eigenvalue weighted by atomic mass is 10.3. The summed E-state index contributed by atoms with van der Waals surface area (Å²) in [5.41, 5.74) is 0.992. The summed E-state index contributed by atoms with van der Waals surface area (Å²) < 4.78 is 2.56. The molecule has 0 atom stereocenters. The van der Waals surface area contributed by atoms with Gasteiger partial charge in [0.15, 0.2) is 4.77 Å². The Bertz CT molecular complexity index is 527. The summed E-state index contributed by atoms with van der Waals surface area (Å²) in [7, 11) is 0. The quantitative estimate of drug-likeness (QED) is 0.849. The smallest absolute Gasteiger partial charge is 0.199 e. The molecule has 0 saturated heterocycles. The molecule has 0 spiro atoms. The van der Waals surface area contributed by atoms with Crippen molar-refractivity contribution in [1.29, 1.82) is 0 Å². The van der Waals surface area contributed by atoms with Crippen LogP contribution in [0.15, 0.2) is 24.3 Å². The maximum atomic E-state index is 5.86. The molecule has 2 aromatic rings. The monoisotopic (exact) mass is 253 g/mol. The fourth-order valence-corrected chi connectivity index (χ4v) is 1.96. The van der Waals surface area contributed by atoms with Crippen molar-refractivity contribution in [3.8, 4) is 5.69 Å². The lowest BCUT2D eigenvalue weighted by molar-refractivity contribution is 0.801. The van der Waals surface area contributed by atoms with Crippen LogP contribution in [0, 0.1) is 4.77 Å². The molecule has 84 valence electrons. The van der Waals surface area contributed by atoms with Gasteiger partial charge in [0.25, 0.3) is 0 Å². The first kappa shape index (κ1) is 11.4. The second-order valence-corrected chi connectivity index (χ2v) is 4.33. The lowest BCUT2D eigenvalue weighted by Crippen LogP contribution is -2.00. The molecule has 0 fully saturated rings. The van der Waals surface area contributed by atoms with Crippen LogP contribution in [0.4, 0.5) is 0 Å². The van der Waals surface area contributed by atoms with Crippen LogP contribution < -0.4 is 0 Å². The molecule has 0 saturated carbocycles. The molecule has 1 heterocycles. The number of nitrogens with zero attached hydrogens (tertiary/aromatic N) is 2. The number of hydrogen-bond donors (Lipinski definition) is 1. The Morgan fingerprint density at radius 3 is 2.69 bits per heavy atom. The minimum Gasteiger partial charge on any atom is -0.272 e. The number of hydrogen-bond acceptors (Lipinski definition) is 2. The van der Waals surface area contributed by atoms with Crippen LogP contribution >= 0.6 is 23.8 Å². The van der Waals surface area contributed by atoms with Crippen LogP contribution in [0.5, 0.6) is 0 Å². The van der Waals surface area contributed by atoms with Gasteiger partial charge < -0.3 is 0 Å². The topological polar surface area (TPSA) is 33.6 Å². The van der Waals surface area contributed by atoms with Crippen molar-refractivity contribution in [3.63, 3.8) is 0 Å². The third kappa shape index (κ3) is 2.18. The zero-order chi connectivity index (χ0) is 11.5. The van der Waals surface area contributed by atoms with Crippen LogP contribution in [0.25, 0.3) is 5.69 Å². The lowest BCUT2D eigenvalue weighted by Gasteiger charge is -2.05. The fourth-order valence-electron chi connectivity index (χ4n) is 1.58. The van der Waals surface area contributed by atoms with Gasteiger partial charge in [0.05, 0.1) is 0 Å². The summed E-state index contributed by atoms with van der Waals surface area (Å²) in [6.45, 7) is 2.12. The number of benzene rings is 1. The van der Waals surface area contributed by atoms with Crippen LogP contribution in [-0.4, -0.2) is 14.8 Å². The van der Waals surface area contributed by atoms with Crippen molar-refractivity contribution >= 4 is 23.8 Å². The van der Waals surface area contributed by atoms with E-state index in [-0.39, 0.29) is 0 Å². The van der Waals surface area contributed by atoms with Gasteiger partial charge >= 0.3 is 0 Å². The number of halogens is 1. The van der Waals surface area contributed by atoms with Gasteiger partial charge in [-0.1, -0.05) is 18.5 Å². The molecular weight excluding hydrogens is 242 g/mol. The summed E-state index contributed by atoms with van der Waals surface area (Å²) in [4.78, 5) is 0. The van der Waals surface area contributed by atoms with Crippen molar-refractivity contribution in [2.45, 2.75) is 19.8 Å². The highest BCUT2D eigenvalue weighted by atomic mass is 35.5. The highest BCUT2D eigenvalue weighted by Crippen LogP contribution is 2.15. The van der Waals surface area contributed by atoms with Gasteiger partial charge in [0.2, 0.25) is 0 Å². The van der Waals surface area contributed by atoms with E-state index in [0.29, 0.717) is 4.77 Å². The largest absolute Gasteiger partial charge is 0.272 e. The number of rotatable bonds is 3.